The molecule has 0 saturated heterocycles. The van der Waals surface area contributed by atoms with Crippen LogP contribution in [0.25, 0.3) is 0 Å². The molecule has 0 aliphatic rings. The molecule has 1 unspecified atom stereocenters. The number of hydrogen-bond donors (Lipinski definition) is 1. The normalized spacial score (nSPS) is 13.7. The Morgan fingerprint density at radius 2 is 1.90 bits per heavy atom. The van der Waals surface area contributed by atoms with Gasteiger partial charge in [-0.1, -0.05) is 20.8 Å². The van der Waals surface area contributed by atoms with Gasteiger partial charge in [0.1, 0.15) is 9.84 Å². The molecular formula is C14H27N3O2S. The second-order valence-corrected chi connectivity index (χ2v) is 7.59. The van der Waals surface area contributed by atoms with Gasteiger partial charge in [0.15, 0.2) is 0 Å². The van der Waals surface area contributed by atoms with E-state index in [1.54, 1.807) is 6.92 Å². The highest BCUT2D eigenvalue weighted by Gasteiger charge is 2.18. The predicted molar refractivity (Wildman–Crippen MR) is 82.5 cm³/mol. The number of aryl methyl sites for hydroxylation is 2. The summed E-state index contributed by atoms with van der Waals surface area (Å²) < 4.78 is 25.0. The van der Waals surface area contributed by atoms with Crippen LogP contribution in [0.15, 0.2) is 0 Å². The zero-order chi connectivity index (χ0) is 15.3. The Morgan fingerprint density at radius 3 is 2.35 bits per heavy atom. The maximum Gasteiger partial charge on any atom is 0.150 e. The smallest absolute Gasteiger partial charge is 0.150 e. The van der Waals surface area contributed by atoms with Crippen molar-refractivity contribution in [2.24, 2.45) is 5.73 Å². The Bertz CT molecular complexity index is 533. The fraction of sp³-hybridized carbons (Fsp3) is 0.786. The molecule has 1 heterocycles. The molecule has 20 heavy (non-hydrogen) atoms. The number of sulfone groups is 1. The van der Waals surface area contributed by atoms with Crippen molar-refractivity contribution in [3.05, 3.63) is 17.0 Å². The molecule has 0 fully saturated rings. The highest BCUT2D eigenvalue weighted by atomic mass is 32.2. The molecule has 5 nitrogen and oxygen atoms in total. The van der Waals surface area contributed by atoms with E-state index in [0.717, 1.165) is 29.8 Å². The summed E-state index contributed by atoms with van der Waals surface area (Å²) in [4.78, 5) is 0. The Kier molecular flexibility index (Phi) is 6.20. The molecule has 0 aromatic carbocycles. The summed E-state index contributed by atoms with van der Waals surface area (Å²) in [5, 5.41) is 4.61. The van der Waals surface area contributed by atoms with E-state index in [1.165, 1.54) is 0 Å². The summed E-state index contributed by atoms with van der Waals surface area (Å²) in [5.74, 6) is 0.430. The second-order valence-electron chi connectivity index (χ2n) is 5.12. The van der Waals surface area contributed by atoms with Crippen molar-refractivity contribution in [1.82, 2.24) is 9.78 Å². The zero-order valence-corrected chi connectivity index (χ0v) is 13.8. The van der Waals surface area contributed by atoms with E-state index >= 15 is 0 Å². The standard InChI is InChI=1S/C14H27N3O2S/c1-5-12-14(11(4)15)13(6-2)17(16-12)9-8-10-20(18,19)7-3/h11H,5-10,15H2,1-4H3. The van der Waals surface area contributed by atoms with Crippen molar-refractivity contribution >= 4 is 9.84 Å². The van der Waals surface area contributed by atoms with Gasteiger partial charge < -0.3 is 5.73 Å². The topological polar surface area (TPSA) is 78.0 Å². The van der Waals surface area contributed by atoms with Crippen LogP contribution in [-0.2, 0) is 29.2 Å². The first-order chi connectivity index (χ1) is 9.36. The molecule has 0 radical (unpaired) electrons. The number of nitrogens with zero attached hydrogens (tertiary/aromatic N) is 2. The zero-order valence-electron chi connectivity index (χ0n) is 13.0. The third-order valence-corrected chi connectivity index (χ3v) is 5.36. The van der Waals surface area contributed by atoms with Gasteiger partial charge in [-0.25, -0.2) is 8.42 Å². The molecule has 2 N–H and O–H groups in total. The number of aromatic nitrogens is 2. The molecule has 0 bridgehead atoms. The lowest BCUT2D eigenvalue weighted by Gasteiger charge is -2.10. The largest absolute Gasteiger partial charge is 0.324 e. The maximum atomic E-state index is 11.5. The van der Waals surface area contributed by atoms with E-state index in [0.29, 0.717) is 13.0 Å². The van der Waals surface area contributed by atoms with Crippen molar-refractivity contribution in [2.75, 3.05) is 11.5 Å². The molecule has 0 aliphatic carbocycles. The van der Waals surface area contributed by atoms with E-state index in [4.69, 9.17) is 5.73 Å². The van der Waals surface area contributed by atoms with Gasteiger partial charge in [0.25, 0.3) is 0 Å². The van der Waals surface area contributed by atoms with Crippen molar-refractivity contribution in [1.29, 1.82) is 0 Å². The van der Waals surface area contributed by atoms with Crippen LogP contribution >= 0.6 is 0 Å². The second kappa shape index (κ2) is 7.22. The summed E-state index contributed by atoms with van der Waals surface area (Å²) in [6.45, 7) is 8.45. The number of rotatable bonds is 8. The van der Waals surface area contributed by atoms with E-state index in [9.17, 15) is 8.42 Å². The van der Waals surface area contributed by atoms with Crippen LogP contribution in [0.5, 0.6) is 0 Å². The minimum Gasteiger partial charge on any atom is -0.324 e. The van der Waals surface area contributed by atoms with Gasteiger partial charge in [0, 0.05) is 29.6 Å². The molecule has 0 saturated carbocycles. The van der Waals surface area contributed by atoms with Crippen molar-refractivity contribution in [2.45, 2.75) is 59.5 Å². The summed E-state index contributed by atoms with van der Waals surface area (Å²) in [7, 11) is -2.90. The van der Waals surface area contributed by atoms with Crippen LogP contribution in [0, 0.1) is 0 Å². The molecule has 1 aromatic heterocycles. The first-order valence-corrected chi connectivity index (χ1v) is 9.22. The molecule has 1 atom stereocenters. The minimum absolute atomic E-state index is 0.0342. The van der Waals surface area contributed by atoms with Crippen molar-refractivity contribution in [3.8, 4) is 0 Å². The Labute approximate surface area is 122 Å². The lowest BCUT2D eigenvalue weighted by molar-refractivity contribution is 0.556. The van der Waals surface area contributed by atoms with Crippen LogP contribution in [0.2, 0.25) is 0 Å². The molecule has 116 valence electrons. The Balaban J connectivity index is 2.90. The van der Waals surface area contributed by atoms with E-state index < -0.39 is 9.84 Å². The molecule has 1 rings (SSSR count). The average molecular weight is 301 g/mol. The first kappa shape index (κ1) is 17.2. The van der Waals surface area contributed by atoms with Gasteiger partial charge in [-0.15, -0.1) is 0 Å². The third kappa shape index (κ3) is 4.06. The molecule has 0 spiro atoms. The molecular weight excluding hydrogens is 274 g/mol. The van der Waals surface area contributed by atoms with Crippen LogP contribution in [0.1, 0.15) is 57.1 Å². The third-order valence-electron chi connectivity index (χ3n) is 3.57. The van der Waals surface area contributed by atoms with E-state index in [-0.39, 0.29) is 17.5 Å². The monoisotopic (exact) mass is 301 g/mol. The highest BCUT2D eigenvalue weighted by Crippen LogP contribution is 2.22. The van der Waals surface area contributed by atoms with Gasteiger partial charge in [-0.3, -0.25) is 4.68 Å². The van der Waals surface area contributed by atoms with E-state index in [2.05, 4.69) is 18.9 Å². The fourth-order valence-corrected chi connectivity index (χ4v) is 3.35. The van der Waals surface area contributed by atoms with Crippen molar-refractivity contribution < 1.29 is 8.42 Å². The SMILES string of the molecule is CCc1nn(CCCS(=O)(=O)CC)c(CC)c1C(C)N. The lowest BCUT2D eigenvalue weighted by atomic mass is 10.0. The number of nitrogens with two attached hydrogens (primary N) is 1. The van der Waals surface area contributed by atoms with Gasteiger partial charge in [-0.05, 0) is 26.2 Å². The van der Waals surface area contributed by atoms with Crippen LogP contribution in [-0.4, -0.2) is 29.7 Å². The predicted octanol–water partition coefficient (Wildman–Crippen LogP) is 1.85. The average Bonchev–Trinajstić information content (AvgIpc) is 2.76. The minimum atomic E-state index is -2.90. The first-order valence-electron chi connectivity index (χ1n) is 7.40. The fourth-order valence-electron chi connectivity index (χ4n) is 2.49. The summed E-state index contributed by atoms with van der Waals surface area (Å²) in [6, 6.07) is -0.0342. The van der Waals surface area contributed by atoms with Gasteiger partial charge in [0.2, 0.25) is 0 Å². The summed E-state index contributed by atoms with van der Waals surface area (Å²) in [6.07, 6.45) is 2.32. The van der Waals surface area contributed by atoms with Gasteiger partial charge in [0.05, 0.1) is 11.4 Å². The van der Waals surface area contributed by atoms with Gasteiger partial charge >= 0.3 is 0 Å². The van der Waals surface area contributed by atoms with Crippen LogP contribution in [0.3, 0.4) is 0 Å². The highest BCUT2D eigenvalue weighted by molar-refractivity contribution is 7.91. The van der Waals surface area contributed by atoms with Gasteiger partial charge in [-0.2, -0.15) is 5.10 Å². The molecule has 0 amide bonds. The summed E-state index contributed by atoms with van der Waals surface area (Å²) >= 11 is 0. The van der Waals surface area contributed by atoms with E-state index in [1.807, 2.05) is 11.6 Å². The summed E-state index contributed by atoms with van der Waals surface area (Å²) in [5.41, 5.74) is 9.36. The lowest BCUT2D eigenvalue weighted by Crippen LogP contribution is -2.14. The molecule has 1 aromatic rings. The Hall–Kier alpha value is -0.880. The van der Waals surface area contributed by atoms with Crippen LogP contribution < -0.4 is 5.73 Å². The molecule has 6 heteroatoms. The number of hydrogen-bond acceptors (Lipinski definition) is 4. The van der Waals surface area contributed by atoms with Crippen molar-refractivity contribution in [3.63, 3.8) is 0 Å². The molecule has 0 aliphatic heterocycles. The Morgan fingerprint density at radius 1 is 1.25 bits per heavy atom. The quantitative estimate of drug-likeness (QED) is 0.795. The van der Waals surface area contributed by atoms with Crippen LogP contribution in [0.4, 0.5) is 0 Å². The maximum absolute atomic E-state index is 11.5.